The van der Waals surface area contributed by atoms with Crippen molar-refractivity contribution in [1.29, 1.82) is 0 Å². The van der Waals surface area contributed by atoms with Crippen molar-refractivity contribution < 1.29 is 9.53 Å². The van der Waals surface area contributed by atoms with Gasteiger partial charge in [-0.3, -0.25) is 4.90 Å². The summed E-state index contributed by atoms with van der Waals surface area (Å²) >= 11 is 0. The van der Waals surface area contributed by atoms with E-state index in [1.54, 1.807) is 24.1 Å². The zero-order chi connectivity index (χ0) is 14.9. The molecule has 1 aromatic heterocycles. The normalized spacial score (nSPS) is 22.0. The van der Waals surface area contributed by atoms with E-state index >= 15 is 0 Å². The van der Waals surface area contributed by atoms with E-state index in [0.29, 0.717) is 24.6 Å². The van der Waals surface area contributed by atoms with Gasteiger partial charge in [-0.15, -0.1) is 0 Å². The minimum atomic E-state index is -0.586. The van der Waals surface area contributed by atoms with Gasteiger partial charge in [0.15, 0.2) is 0 Å². The Morgan fingerprint density at radius 2 is 2.00 bits per heavy atom. The second-order valence-corrected chi connectivity index (χ2v) is 5.33. The summed E-state index contributed by atoms with van der Waals surface area (Å²) in [5, 5.41) is 0. The van der Waals surface area contributed by atoms with Gasteiger partial charge < -0.3 is 4.74 Å². The first-order valence-electron chi connectivity index (χ1n) is 6.94. The Hall–Kier alpha value is -2.43. The van der Waals surface area contributed by atoms with Crippen molar-refractivity contribution in [2.24, 2.45) is 0 Å². The molecule has 0 N–H and O–H groups in total. The molecule has 1 unspecified atom stereocenters. The average molecular weight is 283 g/mol. The zero-order valence-electron chi connectivity index (χ0n) is 12.1. The number of cyclic esters (lactones) is 1. The number of benzene rings is 1. The van der Waals surface area contributed by atoms with E-state index in [-0.39, 0.29) is 6.09 Å². The maximum atomic E-state index is 12.3. The van der Waals surface area contributed by atoms with Crippen LogP contribution in [0.25, 0.3) is 0 Å². The van der Waals surface area contributed by atoms with Gasteiger partial charge in [0, 0.05) is 19.2 Å². The number of aryl methyl sites for hydroxylation is 1. The minimum absolute atomic E-state index is 0.370. The third-order valence-corrected chi connectivity index (χ3v) is 3.77. The highest BCUT2D eigenvalue weighted by atomic mass is 16.6. The standard InChI is InChI=1S/C16H17N3O2/c1-12-17-10-8-14(18-12)19-11-9-16(2,21-15(19)20)13-6-4-3-5-7-13/h3-8,10H,9,11H2,1-2H3. The first-order chi connectivity index (χ1) is 10.1. The summed E-state index contributed by atoms with van der Waals surface area (Å²) < 4.78 is 5.69. The summed E-state index contributed by atoms with van der Waals surface area (Å²) in [4.78, 5) is 22.2. The highest BCUT2D eigenvalue weighted by molar-refractivity contribution is 5.87. The third-order valence-electron chi connectivity index (χ3n) is 3.77. The molecular formula is C16H17N3O2. The largest absolute Gasteiger partial charge is 0.438 e. The van der Waals surface area contributed by atoms with Crippen LogP contribution in [0.15, 0.2) is 42.6 Å². The lowest BCUT2D eigenvalue weighted by Gasteiger charge is -2.38. The number of carbonyl (C=O) groups is 1. The summed E-state index contributed by atoms with van der Waals surface area (Å²) in [6, 6.07) is 11.5. The molecule has 1 atom stereocenters. The Labute approximate surface area is 123 Å². The van der Waals surface area contributed by atoms with Gasteiger partial charge in [0.2, 0.25) is 0 Å². The summed E-state index contributed by atoms with van der Waals surface area (Å²) in [6.07, 6.45) is 1.99. The van der Waals surface area contributed by atoms with E-state index in [4.69, 9.17) is 4.74 Å². The Morgan fingerprint density at radius 1 is 1.24 bits per heavy atom. The fourth-order valence-corrected chi connectivity index (χ4v) is 2.51. The number of hydrogen-bond donors (Lipinski definition) is 0. The zero-order valence-corrected chi connectivity index (χ0v) is 12.1. The van der Waals surface area contributed by atoms with Crippen LogP contribution >= 0.6 is 0 Å². The van der Waals surface area contributed by atoms with Crippen molar-refractivity contribution in [1.82, 2.24) is 9.97 Å². The van der Waals surface area contributed by atoms with E-state index in [1.165, 1.54) is 0 Å². The van der Waals surface area contributed by atoms with Crippen LogP contribution in [0, 0.1) is 6.92 Å². The molecule has 3 rings (SSSR count). The van der Waals surface area contributed by atoms with Crippen molar-refractivity contribution in [3.8, 4) is 0 Å². The Kier molecular flexibility index (Phi) is 3.33. The Morgan fingerprint density at radius 3 is 2.67 bits per heavy atom. The molecule has 1 aliphatic rings. The molecule has 21 heavy (non-hydrogen) atoms. The smallest absolute Gasteiger partial charge is 0.416 e. The van der Waals surface area contributed by atoms with Gasteiger partial charge in [0.05, 0.1) is 0 Å². The molecule has 1 aromatic carbocycles. The summed E-state index contributed by atoms with van der Waals surface area (Å²) in [6.45, 7) is 4.32. The average Bonchev–Trinajstić information content (AvgIpc) is 2.48. The first kappa shape index (κ1) is 13.5. The van der Waals surface area contributed by atoms with Crippen LogP contribution in [0.5, 0.6) is 0 Å². The van der Waals surface area contributed by atoms with Crippen molar-refractivity contribution in [2.45, 2.75) is 25.9 Å². The minimum Gasteiger partial charge on any atom is -0.438 e. The van der Waals surface area contributed by atoms with E-state index in [9.17, 15) is 4.79 Å². The molecule has 5 heteroatoms. The van der Waals surface area contributed by atoms with Crippen molar-refractivity contribution in [3.05, 3.63) is 54.0 Å². The van der Waals surface area contributed by atoms with Crippen LogP contribution in [0.1, 0.15) is 24.7 Å². The third kappa shape index (κ3) is 2.59. The van der Waals surface area contributed by atoms with E-state index < -0.39 is 5.60 Å². The lowest BCUT2D eigenvalue weighted by atomic mass is 9.91. The van der Waals surface area contributed by atoms with Crippen molar-refractivity contribution >= 4 is 11.9 Å². The first-order valence-corrected chi connectivity index (χ1v) is 6.94. The maximum absolute atomic E-state index is 12.3. The predicted octanol–water partition coefficient (Wildman–Crippen LogP) is 3.05. The number of amides is 1. The molecule has 0 aliphatic carbocycles. The summed E-state index contributed by atoms with van der Waals surface area (Å²) in [7, 11) is 0. The predicted molar refractivity (Wildman–Crippen MR) is 79.0 cm³/mol. The molecule has 5 nitrogen and oxygen atoms in total. The molecule has 1 saturated heterocycles. The van der Waals surface area contributed by atoms with E-state index in [2.05, 4.69) is 9.97 Å². The van der Waals surface area contributed by atoms with Gasteiger partial charge in [-0.2, -0.15) is 0 Å². The van der Waals surface area contributed by atoms with Crippen LogP contribution in [0.4, 0.5) is 10.6 Å². The van der Waals surface area contributed by atoms with Crippen molar-refractivity contribution in [2.75, 3.05) is 11.4 Å². The summed E-state index contributed by atoms with van der Waals surface area (Å²) in [5.41, 5.74) is 0.425. The van der Waals surface area contributed by atoms with Crippen LogP contribution in [-0.2, 0) is 10.3 Å². The van der Waals surface area contributed by atoms with Gasteiger partial charge in [0.25, 0.3) is 0 Å². The number of aromatic nitrogens is 2. The Balaban J connectivity index is 1.83. The lowest BCUT2D eigenvalue weighted by Crippen LogP contribution is -2.47. The van der Waals surface area contributed by atoms with Gasteiger partial charge in [-0.05, 0) is 25.5 Å². The monoisotopic (exact) mass is 283 g/mol. The van der Waals surface area contributed by atoms with Gasteiger partial charge in [-0.1, -0.05) is 30.3 Å². The van der Waals surface area contributed by atoms with Gasteiger partial charge >= 0.3 is 6.09 Å². The number of nitrogens with zero attached hydrogens (tertiary/aromatic N) is 3. The molecule has 2 heterocycles. The molecule has 0 radical (unpaired) electrons. The summed E-state index contributed by atoms with van der Waals surface area (Å²) in [5.74, 6) is 1.22. The maximum Gasteiger partial charge on any atom is 0.416 e. The molecule has 1 amide bonds. The number of hydrogen-bond acceptors (Lipinski definition) is 4. The van der Waals surface area contributed by atoms with Crippen LogP contribution in [-0.4, -0.2) is 22.6 Å². The fraction of sp³-hybridized carbons (Fsp3) is 0.312. The van der Waals surface area contributed by atoms with Crippen LogP contribution in [0.3, 0.4) is 0 Å². The molecule has 1 fully saturated rings. The highest BCUT2D eigenvalue weighted by Crippen LogP contribution is 2.34. The number of ether oxygens (including phenoxy) is 1. The Bertz CT molecular complexity index is 660. The second-order valence-electron chi connectivity index (χ2n) is 5.33. The van der Waals surface area contributed by atoms with Crippen LogP contribution in [0.2, 0.25) is 0 Å². The molecule has 108 valence electrons. The lowest BCUT2D eigenvalue weighted by molar-refractivity contribution is 0.00564. The fourth-order valence-electron chi connectivity index (χ4n) is 2.51. The number of anilines is 1. The van der Waals surface area contributed by atoms with Gasteiger partial charge in [-0.25, -0.2) is 14.8 Å². The molecular weight excluding hydrogens is 266 g/mol. The van der Waals surface area contributed by atoms with Gasteiger partial charge in [0.1, 0.15) is 17.2 Å². The topological polar surface area (TPSA) is 55.3 Å². The molecule has 0 spiro atoms. The molecule has 0 bridgehead atoms. The second kappa shape index (κ2) is 5.16. The molecule has 0 saturated carbocycles. The number of carbonyl (C=O) groups excluding carboxylic acids is 1. The molecule has 2 aromatic rings. The van der Waals surface area contributed by atoms with E-state index in [0.717, 1.165) is 5.56 Å². The quantitative estimate of drug-likeness (QED) is 0.850. The highest BCUT2D eigenvalue weighted by Gasteiger charge is 2.39. The van der Waals surface area contributed by atoms with Crippen LogP contribution < -0.4 is 4.90 Å². The SMILES string of the molecule is Cc1nccc(N2CCC(C)(c3ccccc3)OC2=O)n1. The van der Waals surface area contributed by atoms with E-state index in [1.807, 2.05) is 37.3 Å². The molecule has 1 aliphatic heterocycles. The van der Waals surface area contributed by atoms with Crippen molar-refractivity contribution in [3.63, 3.8) is 0 Å². The number of rotatable bonds is 2.